The van der Waals surface area contributed by atoms with E-state index >= 15 is 0 Å². The summed E-state index contributed by atoms with van der Waals surface area (Å²) >= 11 is 0. The summed E-state index contributed by atoms with van der Waals surface area (Å²) in [6.07, 6.45) is 3.40. The number of carbonyl (C=O) groups is 2. The molecule has 14 nitrogen and oxygen atoms in total. The maximum Gasteiger partial charge on any atom is 0.255 e. The highest BCUT2D eigenvalue weighted by molar-refractivity contribution is 6.05. The van der Waals surface area contributed by atoms with Gasteiger partial charge in [0.05, 0.1) is 38.8 Å². The Hall–Kier alpha value is -6.35. The van der Waals surface area contributed by atoms with Crippen molar-refractivity contribution in [2.24, 2.45) is 14.1 Å². The van der Waals surface area contributed by atoms with Crippen LogP contribution in [0.1, 0.15) is 20.7 Å². The number of nitrogens with zero attached hydrogens (tertiary/aromatic N) is 4. The Morgan fingerprint density at radius 3 is 1.79 bits per heavy atom. The summed E-state index contributed by atoms with van der Waals surface area (Å²) in [5.74, 6) is 1.68. The zero-order valence-electron chi connectivity index (χ0n) is 32.2. The topological polar surface area (TPSA) is 155 Å². The van der Waals surface area contributed by atoms with Gasteiger partial charge in [-0.1, -0.05) is 12.1 Å². The summed E-state index contributed by atoms with van der Waals surface area (Å²) in [7, 11) is 6.81. The number of phenols is 1. The number of morpholine rings is 1. The van der Waals surface area contributed by atoms with Crippen molar-refractivity contribution in [3.8, 4) is 45.5 Å². The van der Waals surface area contributed by atoms with Crippen LogP contribution < -0.4 is 42.2 Å². The Kier molecular flexibility index (Phi) is 14.7. The van der Waals surface area contributed by atoms with Gasteiger partial charge in [0.2, 0.25) is 0 Å². The molecule has 7 rings (SSSR count). The van der Waals surface area contributed by atoms with Crippen LogP contribution >= 0.6 is 0 Å². The van der Waals surface area contributed by atoms with Gasteiger partial charge in [0.25, 0.3) is 11.8 Å². The molecule has 57 heavy (non-hydrogen) atoms. The fraction of sp³-hybridized carbons (Fsp3) is 0.238. The van der Waals surface area contributed by atoms with E-state index in [0.717, 1.165) is 55.5 Å². The number of quaternary nitrogens is 1. The molecule has 6 aromatic rings. The lowest BCUT2D eigenvalue weighted by molar-refractivity contribution is -0.908. The first-order valence-corrected chi connectivity index (χ1v) is 18.1. The number of nitrogens with one attached hydrogen (secondary N) is 3. The SMILES string of the molecule is COc1cccc(C(=O)Nc2ccc(O)c(-c3ccnn3C)c2)c1.COc1cccc(C(=O)Nc2ccc(OCC[NH+]3CCOCC3)c(-c3ccnn3C)c2)c1.[Cl-]. The molecule has 2 aromatic heterocycles. The number of methoxy groups -OCH3 is 2. The molecule has 4 aromatic carbocycles. The lowest BCUT2D eigenvalue weighted by Crippen LogP contribution is -3.14. The first kappa shape index (κ1) is 41.8. The fourth-order valence-corrected chi connectivity index (χ4v) is 6.18. The Bertz CT molecular complexity index is 2270. The number of halogens is 1. The summed E-state index contributed by atoms with van der Waals surface area (Å²) in [5.41, 5.74) is 5.42. The standard InChI is InChI=1S/C24H28N4O4.C18H17N3O3.ClH/c1-27-22(8-9-25-27)21-17-19(26-24(29)18-4-3-5-20(16-18)30-2)6-7-23(21)32-15-12-28-10-13-31-14-11-28;1-21-16(8-9-19-21)15-11-13(6-7-17(15)22)20-18(23)12-4-3-5-14(10-12)24-2;/h3-9,16-17H,10-15H2,1-2H3,(H,26,29);3-11,22H,1-2H3,(H,20,23);1H. The van der Waals surface area contributed by atoms with Crippen LogP contribution in [0.3, 0.4) is 0 Å². The third-order valence-corrected chi connectivity index (χ3v) is 9.26. The molecule has 1 fully saturated rings. The minimum Gasteiger partial charge on any atom is -1.00 e. The molecule has 0 saturated carbocycles. The zero-order chi connectivity index (χ0) is 39.4. The lowest BCUT2D eigenvalue weighted by atomic mass is 10.1. The molecule has 0 bridgehead atoms. The molecular weight excluding hydrogens is 750 g/mol. The highest BCUT2D eigenvalue weighted by atomic mass is 35.5. The van der Waals surface area contributed by atoms with Gasteiger partial charge < -0.3 is 52.0 Å². The van der Waals surface area contributed by atoms with E-state index in [2.05, 4.69) is 20.8 Å². The van der Waals surface area contributed by atoms with Crippen molar-refractivity contribution in [1.29, 1.82) is 0 Å². The van der Waals surface area contributed by atoms with Gasteiger partial charge >= 0.3 is 0 Å². The monoisotopic (exact) mass is 795 g/mol. The van der Waals surface area contributed by atoms with Crippen LogP contribution in [0.25, 0.3) is 22.5 Å². The summed E-state index contributed by atoms with van der Waals surface area (Å²) in [6.45, 7) is 5.15. The maximum absolute atomic E-state index is 12.8. The number of aromatic nitrogens is 4. The van der Waals surface area contributed by atoms with Crippen LogP contribution in [0.2, 0.25) is 0 Å². The number of amides is 2. The molecule has 1 saturated heterocycles. The molecule has 1 aliphatic heterocycles. The molecule has 0 aliphatic carbocycles. The number of aryl methyl sites for hydroxylation is 2. The number of hydrogen-bond acceptors (Lipinski definition) is 9. The normalized spacial score (nSPS) is 12.4. The highest BCUT2D eigenvalue weighted by Crippen LogP contribution is 2.33. The van der Waals surface area contributed by atoms with Crippen molar-refractivity contribution in [3.05, 3.63) is 121 Å². The van der Waals surface area contributed by atoms with Gasteiger partial charge in [-0.15, -0.1) is 0 Å². The van der Waals surface area contributed by atoms with Crippen molar-refractivity contribution in [2.45, 2.75) is 0 Å². The Morgan fingerprint density at radius 1 is 0.737 bits per heavy atom. The van der Waals surface area contributed by atoms with E-state index in [-0.39, 0.29) is 30.0 Å². The third kappa shape index (κ3) is 10.9. The van der Waals surface area contributed by atoms with E-state index in [1.165, 1.54) is 4.90 Å². The van der Waals surface area contributed by atoms with E-state index < -0.39 is 0 Å². The number of carbonyl (C=O) groups excluding carboxylic acids is 2. The first-order valence-electron chi connectivity index (χ1n) is 18.1. The van der Waals surface area contributed by atoms with Crippen molar-refractivity contribution < 1.29 is 50.9 Å². The van der Waals surface area contributed by atoms with Crippen LogP contribution in [-0.4, -0.2) is 90.2 Å². The van der Waals surface area contributed by atoms with Crippen LogP contribution in [0.5, 0.6) is 23.0 Å². The molecule has 0 radical (unpaired) electrons. The first-order chi connectivity index (χ1) is 27.2. The number of aromatic hydroxyl groups is 1. The molecular formula is C42H46ClN7O7. The van der Waals surface area contributed by atoms with E-state index in [1.54, 1.807) is 110 Å². The summed E-state index contributed by atoms with van der Waals surface area (Å²) in [6, 6.07) is 28.3. The number of rotatable bonds is 12. The molecule has 1 aliphatic rings. The number of anilines is 2. The number of hydrogen-bond donors (Lipinski definition) is 4. The van der Waals surface area contributed by atoms with Gasteiger partial charge in [-0.25, -0.2) is 0 Å². The lowest BCUT2D eigenvalue weighted by Gasteiger charge is -2.24. The van der Waals surface area contributed by atoms with Crippen LogP contribution in [0, 0.1) is 0 Å². The average molecular weight is 796 g/mol. The van der Waals surface area contributed by atoms with E-state index in [9.17, 15) is 14.7 Å². The largest absolute Gasteiger partial charge is 1.00 e. The van der Waals surface area contributed by atoms with Gasteiger partial charge in [-0.2, -0.15) is 10.2 Å². The van der Waals surface area contributed by atoms with E-state index in [4.69, 9.17) is 18.9 Å². The van der Waals surface area contributed by atoms with Gasteiger partial charge in [0.15, 0.2) is 0 Å². The van der Waals surface area contributed by atoms with Crippen LogP contribution in [0.15, 0.2) is 109 Å². The molecule has 0 spiro atoms. The zero-order valence-corrected chi connectivity index (χ0v) is 33.0. The Balaban J connectivity index is 0.000000222. The smallest absolute Gasteiger partial charge is 0.255 e. The number of phenolic OH excluding ortho intramolecular Hbond substituents is 1. The summed E-state index contributed by atoms with van der Waals surface area (Å²) in [5, 5.41) is 24.3. The van der Waals surface area contributed by atoms with Crippen molar-refractivity contribution >= 4 is 23.2 Å². The molecule has 298 valence electrons. The minimum absolute atomic E-state index is 0. The minimum atomic E-state index is -0.254. The van der Waals surface area contributed by atoms with Crippen molar-refractivity contribution in [2.75, 3.05) is 64.3 Å². The van der Waals surface area contributed by atoms with Gasteiger partial charge in [0.1, 0.15) is 49.2 Å². The third-order valence-electron chi connectivity index (χ3n) is 9.26. The quantitative estimate of drug-likeness (QED) is 0.136. The van der Waals surface area contributed by atoms with Crippen molar-refractivity contribution in [1.82, 2.24) is 19.6 Å². The molecule has 4 N–H and O–H groups in total. The molecule has 3 heterocycles. The Labute approximate surface area is 337 Å². The van der Waals surface area contributed by atoms with Gasteiger partial charge in [-0.3, -0.25) is 19.0 Å². The molecule has 2 amide bonds. The summed E-state index contributed by atoms with van der Waals surface area (Å²) < 4.78 is 25.4. The molecule has 0 unspecified atom stereocenters. The Morgan fingerprint density at radius 2 is 1.26 bits per heavy atom. The van der Waals surface area contributed by atoms with Crippen LogP contribution in [-0.2, 0) is 18.8 Å². The predicted molar refractivity (Wildman–Crippen MR) is 213 cm³/mol. The second-order valence-electron chi connectivity index (χ2n) is 13.0. The highest BCUT2D eigenvalue weighted by Gasteiger charge is 2.17. The van der Waals surface area contributed by atoms with Crippen LogP contribution in [0.4, 0.5) is 11.4 Å². The van der Waals surface area contributed by atoms with E-state index in [0.29, 0.717) is 46.2 Å². The number of ether oxygens (including phenoxy) is 4. The second kappa shape index (κ2) is 20.0. The summed E-state index contributed by atoms with van der Waals surface area (Å²) in [4.78, 5) is 26.6. The molecule has 0 atom stereocenters. The van der Waals surface area contributed by atoms with Gasteiger partial charge in [-0.05, 0) is 84.9 Å². The predicted octanol–water partition coefficient (Wildman–Crippen LogP) is 1.70. The average Bonchev–Trinajstić information content (AvgIpc) is 3.86. The van der Waals surface area contributed by atoms with Crippen molar-refractivity contribution in [3.63, 3.8) is 0 Å². The van der Waals surface area contributed by atoms with E-state index in [1.807, 2.05) is 37.4 Å². The number of benzene rings is 4. The second-order valence-corrected chi connectivity index (χ2v) is 13.0. The maximum atomic E-state index is 12.8. The van der Waals surface area contributed by atoms with Gasteiger partial charge in [0, 0.05) is 60.1 Å². The molecule has 15 heteroatoms. The fourth-order valence-electron chi connectivity index (χ4n) is 6.18.